The molecule has 0 fully saturated rings. The van der Waals surface area contributed by atoms with Crippen LogP contribution >= 0.6 is 0 Å². The van der Waals surface area contributed by atoms with E-state index in [0.717, 1.165) is 0 Å². The molecule has 0 bridgehead atoms. The number of ether oxygens (including phenoxy) is 1. The van der Waals surface area contributed by atoms with Crippen molar-refractivity contribution in [2.75, 3.05) is 0 Å². The lowest BCUT2D eigenvalue weighted by Gasteiger charge is -2.10. The van der Waals surface area contributed by atoms with E-state index in [2.05, 4.69) is 20.6 Å². The molecule has 0 unspecified atom stereocenters. The largest absolute Gasteiger partial charge is 0.550 e. The Balaban J connectivity index is 1.94. The maximum atomic E-state index is 11.9. The fraction of sp³-hybridized carbons (Fsp3) is 0.214. The van der Waals surface area contributed by atoms with Crippen LogP contribution in [0.4, 0.5) is 0 Å². The minimum atomic E-state index is -1.34. The van der Waals surface area contributed by atoms with Crippen molar-refractivity contribution in [1.29, 1.82) is 0 Å². The quantitative estimate of drug-likeness (QED) is 0.550. The van der Waals surface area contributed by atoms with Gasteiger partial charge in [0.25, 0.3) is 0 Å². The SMILES string of the molecule is Cc1c(CC(=O)[O-])c(=O)oc2cc(OCc3nnn[n-]3)ccc12. The Morgan fingerprint density at radius 1 is 1.43 bits per heavy atom. The van der Waals surface area contributed by atoms with Gasteiger partial charge in [-0.05, 0) is 24.6 Å². The summed E-state index contributed by atoms with van der Waals surface area (Å²) in [7, 11) is 0. The van der Waals surface area contributed by atoms with Crippen LogP contribution in [0, 0.1) is 6.92 Å². The monoisotopic (exact) mass is 314 g/mol. The summed E-state index contributed by atoms with van der Waals surface area (Å²) < 4.78 is 10.6. The van der Waals surface area contributed by atoms with E-state index in [1.54, 1.807) is 19.1 Å². The molecule has 0 spiro atoms. The number of aromatic nitrogens is 4. The second-order valence-corrected chi connectivity index (χ2v) is 4.78. The first-order valence-corrected chi connectivity index (χ1v) is 6.61. The molecule has 3 aromatic rings. The zero-order chi connectivity index (χ0) is 16.4. The van der Waals surface area contributed by atoms with E-state index < -0.39 is 18.0 Å². The predicted octanol–water partition coefficient (Wildman–Crippen LogP) is -0.885. The summed E-state index contributed by atoms with van der Waals surface area (Å²) in [5.74, 6) is -0.568. The first-order chi connectivity index (χ1) is 11.0. The minimum absolute atomic E-state index is 0.0739. The van der Waals surface area contributed by atoms with Crippen molar-refractivity contribution < 1.29 is 19.1 Å². The molecule has 0 aliphatic carbocycles. The number of hydrogen-bond acceptors (Lipinski definition) is 8. The van der Waals surface area contributed by atoms with Crippen LogP contribution in [0.15, 0.2) is 27.4 Å². The number of aliphatic carboxylic acids is 1. The Hall–Kier alpha value is -3.23. The molecule has 3 rings (SSSR count). The van der Waals surface area contributed by atoms with Gasteiger partial charge in [-0.3, -0.25) is 10.3 Å². The highest BCUT2D eigenvalue weighted by atomic mass is 16.5. The highest BCUT2D eigenvalue weighted by Crippen LogP contribution is 2.24. The van der Waals surface area contributed by atoms with E-state index in [9.17, 15) is 14.7 Å². The van der Waals surface area contributed by atoms with E-state index in [4.69, 9.17) is 9.15 Å². The number of benzene rings is 1. The van der Waals surface area contributed by atoms with Crippen LogP contribution in [-0.2, 0) is 17.8 Å². The maximum absolute atomic E-state index is 11.9. The zero-order valence-electron chi connectivity index (χ0n) is 12.0. The Kier molecular flexibility index (Phi) is 3.75. The number of hydrogen-bond donors (Lipinski definition) is 0. The number of carbonyl (C=O) groups is 1. The van der Waals surface area contributed by atoms with Crippen molar-refractivity contribution in [2.24, 2.45) is 0 Å². The van der Waals surface area contributed by atoms with E-state index in [0.29, 0.717) is 28.1 Å². The fourth-order valence-electron chi connectivity index (χ4n) is 2.18. The summed E-state index contributed by atoms with van der Waals surface area (Å²) in [4.78, 5) is 22.6. The highest BCUT2D eigenvalue weighted by molar-refractivity contribution is 5.83. The second-order valence-electron chi connectivity index (χ2n) is 4.78. The fourth-order valence-corrected chi connectivity index (χ4v) is 2.18. The molecule has 2 heterocycles. The van der Waals surface area contributed by atoms with Crippen molar-refractivity contribution >= 4 is 16.9 Å². The molecule has 9 nitrogen and oxygen atoms in total. The number of carboxylic acid groups (broad SMARTS) is 1. The minimum Gasteiger partial charge on any atom is -0.550 e. The summed E-state index contributed by atoms with van der Waals surface area (Å²) >= 11 is 0. The lowest BCUT2D eigenvalue weighted by Crippen LogP contribution is -2.27. The van der Waals surface area contributed by atoms with E-state index >= 15 is 0 Å². The van der Waals surface area contributed by atoms with Crippen molar-refractivity contribution in [3.8, 4) is 5.75 Å². The topological polar surface area (TPSA) is 132 Å². The van der Waals surface area contributed by atoms with Crippen LogP contribution in [0.5, 0.6) is 5.75 Å². The average molecular weight is 314 g/mol. The van der Waals surface area contributed by atoms with Crippen molar-refractivity contribution in [1.82, 2.24) is 20.6 Å². The number of carbonyl (C=O) groups excluding carboxylic acids is 1. The summed E-state index contributed by atoms with van der Waals surface area (Å²) in [6.07, 6.45) is -0.489. The van der Waals surface area contributed by atoms with Gasteiger partial charge in [0.1, 0.15) is 17.9 Å². The summed E-state index contributed by atoms with van der Waals surface area (Å²) in [5, 5.41) is 25.3. The molecule has 0 radical (unpaired) electrons. The maximum Gasteiger partial charge on any atom is 0.340 e. The molecule has 0 saturated heterocycles. The number of nitrogens with zero attached hydrogens (tertiary/aromatic N) is 4. The molecule has 0 atom stereocenters. The van der Waals surface area contributed by atoms with Crippen molar-refractivity contribution in [2.45, 2.75) is 20.0 Å². The lowest BCUT2D eigenvalue weighted by atomic mass is 10.0. The molecule has 118 valence electrons. The van der Waals surface area contributed by atoms with Crippen LogP contribution in [0.25, 0.3) is 11.0 Å². The number of carboxylic acids is 1. The van der Waals surface area contributed by atoms with E-state index in [1.807, 2.05) is 0 Å². The van der Waals surface area contributed by atoms with E-state index in [-0.39, 0.29) is 12.2 Å². The van der Waals surface area contributed by atoms with Gasteiger partial charge in [0.15, 0.2) is 0 Å². The van der Waals surface area contributed by atoms with Crippen LogP contribution in [0.2, 0.25) is 0 Å². The van der Waals surface area contributed by atoms with Crippen molar-refractivity contribution in [3.63, 3.8) is 0 Å². The smallest absolute Gasteiger partial charge is 0.340 e. The van der Waals surface area contributed by atoms with Gasteiger partial charge in [-0.2, -0.15) is 5.21 Å². The summed E-state index contributed by atoms with van der Waals surface area (Å²) in [5.41, 5.74) is 0.212. The Morgan fingerprint density at radius 3 is 2.96 bits per heavy atom. The third-order valence-electron chi connectivity index (χ3n) is 3.31. The predicted molar refractivity (Wildman–Crippen MR) is 73.4 cm³/mol. The number of tetrazole rings is 1. The number of aryl methyl sites for hydroxylation is 1. The van der Waals surface area contributed by atoms with Crippen LogP contribution in [0.3, 0.4) is 0 Å². The normalized spacial score (nSPS) is 10.8. The van der Waals surface area contributed by atoms with Gasteiger partial charge in [-0.1, -0.05) is 0 Å². The molecule has 0 saturated carbocycles. The molecular weight excluding hydrogens is 304 g/mol. The molecular formula is C14H10N4O5-2. The molecule has 9 heteroatoms. The molecule has 23 heavy (non-hydrogen) atoms. The van der Waals surface area contributed by atoms with Gasteiger partial charge in [0.05, 0.1) is 0 Å². The third kappa shape index (κ3) is 3.03. The zero-order valence-corrected chi connectivity index (χ0v) is 12.0. The van der Waals surface area contributed by atoms with Crippen LogP contribution < -0.4 is 20.6 Å². The molecule has 0 aliphatic rings. The lowest BCUT2D eigenvalue weighted by molar-refractivity contribution is -0.304. The molecule has 1 aromatic carbocycles. The Labute approximate surface area is 128 Å². The molecule has 0 amide bonds. The van der Waals surface area contributed by atoms with Crippen LogP contribution in [0.1, 0.15) is 17.0 Å². The number of rotatable bonds is 5. The van der Waals surface area contributed by atoms with E-state index in [1.165, 1.54) is 6.07 Å². The average Bonchev–Trinajstić information content (AvgIpc) is 3.02. The standard InChI is InChI=1S/C14H12N4O5/c1-7-9-3-2-8(22-6-12-15-17-18-16-12)4-11(9)23-14(21)10(7)5-13(19)20/h2-4H,5-6H2,1H3,(H2,15,16,17,18,19,20)/p-2. The van der Waals surface area contributed by atoms with Gasteiger partial charge < -0.3 is 24.2 Å². The van der Waals surface area contributed by atoms with Crippen LogP contribution in [-0.4, -0.2) is 21.5 Å². The van der Waals surface area contributed by atoms with Crippen molar-refractivity contribution in [3.05, 3.63) is 45.6 Å². The van der Waals surface area contributed by atoms with Gasteiger partial charge in [-0.15, -0.1) is 0 Å². The first-order valence-electron chi connectivity index (χ1n) is 6.61. The molecule has 2 aromatic heterocycles. The number of fused-ring (bicyclic) bond motifs is 1. The van der Waals surface area contributed by atoms with Gasteiger partial charge in [0.2, 0.25) is 0 Å². The molecule has 0 N–H and O–H groups in total. The van der Waals surface area contributed by atoms with Gasteiger partial charge in [0, 0.05) is 35.2 Å². The molecule has 0 aliphatic heterocycles. The second kappa shape index (κ2) is 5.87. The highest BCUT2D eigenvalue weighted by Gasteiger charge is 2.12. The van der Waals surface area contributed by atoms with Gasteiger partial charge in [-0.25, -0.2) is 4.79 Å². The first kappa shape index (κ1) is 14.7. The Bertz CT molecular complexity index is 917. The third-order valence-corrected chi connectivity index (χ3v) is 3.31. The summed E-state index contributed by atoms with van der Waals surface area (Å²) in [6.45, 7) is 1.73. The van der Waals surface area contributed by atoms with Gasteiger partial charge >= 0.3 is 5.63 Å². The Morgan fingerprint density at radius 2 is 2.26 bits per heavy atom. The summed E-state index contributed by atoms with van der Waals surface area (Å²) in [6, 6.07) is 4.89.